The Morgan fingerprint density at radius 2 is 1.45 bits per heavy atom. The highest BCUT2D eigenvalue weighted by Crippen LogP contribution is 2.24. The molecule has 1 aliphatic rings. The summed E-state index contributed by atoms with van der Waals surface area (Å²) in [7, 11) is 0. The molecule has 1 aromatic carbocycles. The van der Waals surface area contributed by atoms with Gasteiger partial charge >= 0.3 is 0 Å². The smallest absolute Gasteiger partial charge is 0.171 e. The molecular weight excluding hydrogens is 266 g/mol. The predicted octanol–water partition coefficient (Wildman–Crippen LogP) is 4.68. The van der Waals surface area contributed by atoms with Gasteiger partial charge in [0.15, 0.2) is 12.4 Å². The van der Waals surface area contributed by atoms with E-state index in [4.69, 9.17) is 0 Å². The van der Waals surface area contributed by atoms with E-state index in [2.05, 4.69) is 81.1 Å². The lowest BCUT2D eigenvalue weighted by Gasteiger charge is -2.18. The first kappa shape index (κ1) is 16.5. The van der Waals surface area contributed by atoms with Crippen LogP contribution in [0.25, 0.3) is 0 Å². The Balaban J connectivity index is 0.000000164. The van der Waals surface area contributed by atoms with Crippen molar-refractivity contribution in [1.82, 2.24) is 0 Å². The summed E-state index contributed by atoms with van der Waals surface area (Å²) in [5, 5.41) is 0. The number of nitrogens with zero attached hydrogens (tertiary/aromatic N) is 1. The van der Waals surface area contributed by atoms with Crippen molar-refractivity contribution in [2.45, 2.75) is 53.5 Å². The van der Waals surface area contributed by atoms with Crippen LogP contribution in [-0.4, -0.2) is 0 Å². The van der Waals surface area contributed by atoms with Gasteiger partial charge in [-0.15, -0.1) is 0 Å². The maximum absolute atomic E-state index is 2.24. The zero-order valence-corrected chi connectivity index (χ0v) is 14.4. The number of benzene rings is 1. The first-order valence-electron chi connectivity index (χ1n) is 8.34. The molecule has 0 unspecified atom stereocenters. The molecule has 0 amide bonds. The first-order valence-corrected chi connectivity index (χ1v) is 8.34. The molecular formula is C21H28N+. The van der Waals surface area contributed by atoms with Crippen LogP contribution >= 0.6 is 0 Å². The van der Waals surface area contributed by atoms with E-state index in [0.29, 0.717) is 0 Å². The molecule has 1 heterocycles. The molecule has 1 nitrogen and oxygen atoms in total. The van der Waals surface area contributed by atoms with E-state index in [1.54, 1.807) is 11.1 Å². The van der Waals surface area contributed by atoms with E-state index in [-0.39, 0.29) is 0 Å². The summed E-state index contributed by atoms with van der Waals surface area (Å²) in [4.78, 5) is 0. The highest BCUT2D eigenvalue weighted by molar-refractivity contribution is 5.39. The number of allylic oxidation sites excluding steroid dienone is 2. The Labute approximate surface area is 135 Å². The predicted molar refractivity (Wildman–Crippen MR) is 93.9 cm³/mol. The second-order valence-electron chi connectivity index (χ2n) is 6.08. The van der Waals surface area contributed by atoms with Gasteiger partial charge in [0.1, 0.15) is 6.54 Å². The molecule has 0 radical (unpaired) electrons. The second kappa shape index (κ2) is 7.93. The summed E-state index contributed by atoms with van der Waals surface area (Å²) in [6.07, 6.45) is 7.73. The van der Waals surface area contributed by atoms with Crippen LogP contribution in [0.15, 0.2) is 59.9 Å². The maximum atomic E-state index is 2.24. The van der Waals surface area contributed by atoms with Crippen LogP contribution in [0, 0.1) is 0 Å². The van der Waals surface area contributed by atoms with Crippen molar-refractivity contribution in [2.75, 3.05) is 0 Å². The van der Waals surface area contributed by atoms with E-state index in [1.165, 1.54) is 16.7 Å². The zero-order valence-electron chi connectivity index (χ0n) is 14.4. The molecule has 1 aromatic heterocycles. The van der Waals surface area contributed by atoms with Gasteiger partial charge in [-0.05, 0) is 57.2 Å². The normalized spacial score (nSPS) is 13.3. The van der Waals surface area contributed by atoms with E-state index < -0.39 is 0 Å². The highest BCUT2D eigenvalue weighted by atomic mass is 14.9. The molecule has 22 heavy (non-hydrogen) atoms. The Hall–Kier alpha value is -1.89. The van der Waals surface area contributed by atoms with Crippen LogP contribution in [0.3, 0.4) is 0 Å². The molecule has 0 fully saturated rings. The topological polar surface area (TPSA) is 3.88 Å². The summed E-state index contributed by atoms with van der Waals surface area (Å²) >= 11 is 0. The van der Waals surface area contributed by atoms with E-state index >= 15 is 0 Å². The minimum atomic E-state index is 1.06. The quantitative estimate of drug-likeness (QED) is 0.559. The third-order valence-corrected chi connectivity index (χ3v) is 4.45. The van der Waals surface area contributed by atoms with Gasteiger partial charge in [-0.1, -0.05) is 42.3 Å². The Bertz CT molecular complexity index is 600. The minimum Gasteiger partial charge on any atom is -0.205 e. The second-order valence-corrected chi connectivity index (χ2v) is 6.08. The van der Waals surface area contributed by atoms with Crippen LogP contribution in [0.5, 0.6) is 0 Å². The zero-order chi connectivity index (χ0) is 15.9. The molecule has 3 rings (SSSR count). The fourth-order valence-corrected chi connectivity index (χ4v) is 2.76. The van der Waals surface area contributed by atoms with Crippen LogP contribution in [0.1, 0.15) is 44.4 Å². The highest BCUT2D eigenvalue weighted by Gasteiger charge is 2.10. The van der Waals surface area contributed by atoms with Crippen LogP contribution in [0.2, 0.25) is 0 Å². The fourth-order valence-electron chi connectivity index (χ4n) is 2.76. The molecule has 1 heteroatoms. The Morgan fingerprint density at radius 3 is 1.95 bits per heavy atom. The molecule has 116 valence electrons. The number of hydrogen-bond donors (Lipinski definition) is 0. The molecule has 2 aromatic rings. The van der Waals surface area contributed by atoms with Gasteiger partial charge < -0.3 is 0 Å². The van der Waals surface area contributed by atoms with Crippen molar-refractivity contribution in [3.05, 3.63) is 76.6 Å². The summed E-state index contributed by atoms with van der Waals surface area (Å²) < 4.78 is 2.19. The van der Waals surface area contributed by atoms with Crippen molar-refractivity contribution in [1.29, 1.82) is 0 Å². The van der Waals surface area contributed by atoms with Crippen LogP contribution < -0.4 is 4.57 Å². The molecule has 0 saturated heterocycles. The van der Waals surface area contributed by atoms with Gasteiger partial charge in [0, 0.05) is 11.6 Å². The maximum Gasteiger partial charge on any atom is 0.171 e. The Kier molecular flexibility index (Phi) is 5.94. The standard InChI is InChI=1S/C12H14.C9H14N/c1-9-7-11-5-3-4-6-12(11)8-10(9)2;1-3-9-6-5-7-10(4-2)8-9/h3-6H,7-8H2,1-2H3;5-8H,3-4H2,1-2H3/q;+1. The first-order chi connectivity index (χ1) is 10.6. The van der Waals surface area contributed by atoms with Gasteiger partial charge in [0.05, 0.1) is 0 Å². The molecule has 0 atom stereocenters. The van der Waals surface area contributed by atoms with Crippen LogP contribution in [-0.2, 0) is 25.8 Å². The fraction of sp³-hybridized carbons (Fsp3) is 0.381. The molecule has 0 aliphatic heterocycles. The average molecular weight is 294 g/mol. The minimum absolute atomic E-state index is 1.06. The molecule has 0 spiro atoms. The van der Waals surface area contributed by atoms with Gasteiger partial charge in [-0.2, -0.15) is 0 Å². The van der Waals surface area contributed by atoms with Crippen molar-refractivity contribution in [3.63, 3.8) is 0 Å². The van der Waals surface area contributed by atoms with Gasteiger partial charge in [-0.25, -0.2) is 4.57 Å². The number of rotatable bonds is 2. The molecule has 0 N–H and O–H groups in total. The molecule has 0 bridgehead atoms. The van der Waals surface area contributed by atoms with Gasteiger partial charge in [-0.3, -0.25) is 0 Å². The summed E-state index contributed by atoms with van der Waals surface area (Å²) in [5.74, 6) is 0. The van der Waals surface area contributed by atoms with E-state index in [0.717, 1.165) is 25.8 Å². The number of aromatic nitrogens is 1. The van der Waals surface area contributed by atoms with Crippen molar-refractivity contribution in [3.8, 4) is 0 Å². The summed E-state index contributed by atoms with van der Waals surface area (Å²) in [6.45, 7) is 9.87. The largest absolute Gasteiger partial charge is 0.205 e. The monoisotopic (exact) mass is 294 g/mol. The molecule has 0 saturated carbocycles. The lowest BCUT2D eigenvalue weighted by atomic mass is 9.88. The summed E-state index contributed by atoms with van der Waals surface area (Å²) in [5.41, 5.74) is 7.54. The van der Waals surface area contributed by atoms with Crippen molar-refractivity contribution >= 4 is 0 Å². The lowest BCUT2D eigenvalue weighted by Crippen LogP contribution is -2.31. The van der Waals surface area contributed by atoms with Crippen LogP contribution in [0.4, 0.5) is 0 Å². The number of pyridine rings is 1. The molecule has 1 aliphatic carbocycles. The van der Waals surface area contributed by atoms with E-state index in [9.17, 15) is 0 Å². The van der Waals surface area contributed by atoms with Gasteiger partial charge in [0.2, 0.25) is 0 Å². The number of hydrogen-bond acceptors (Lipinski definition) is 0. The van der Waals surface area contributed by atoms with Gasteiger partial charge in [0.25, 0.3) is 0 Å². The SMILES string of the molecule is CC1=C(C)Cc2ccccc2C1.CCc1ccc[n+](CC)c1. The van der Waals surface area contributed by atoms with Crippen molar-refractivity contribution in [2.24, 2.45) is 0 Å². The van der Waals surface area contributed by atoms with E-state index in [1.807, 2.05) is 0 Å². The third kappa shape index (κ3) is 4.30. The average Bonchev–Trinajstić information content (AvgIpc) is 2.56. The number of aryl methyl sites for hydroxylation is 2. The summed E-state index contributed by atoms with van der Waals surface area (Å²) in [6, 6.07) is 13.0. The number of fused-ring (bicyclic) bond motifs is 1. The third-order valence-electron chi connectivity index (χ3n) is 4.45. The Morgan fingerprint density at radius 1 is 0.864 bits per heavy atom. The lowest BCUT2D eigenvalue weighted by molar-refractivity contribution is -0.693. The van der Waals surface area contributed by atoms with Crippen molar-refractivity contribution < 1.29 is 4.57 Å².